The van der Waals surface area contributed by atoms with Crippen molar-refractivity contribution in [2.45, 2.75) is 13.8 Å². The normalized spacial score (nSPS) is 15.6. The number of amidine groups is 1. The number of β-amino-alcohol motifs (C(OH)–C–C–N with tert-alkyl or cyclic N) is 1. The molecule has 4 N–H and O–H groups in total. The molecule has 0 spiro atoms. The number of rotatable bonds is 10. The van der Waals surface area contributed by atoms with E-state index in [1.807, 2.05) is 32.1 Å². The summed E-state index contributed by atoms with van der Waals surface area (Å²) in [6.07, 6.45) is 5.60. The van der Waals surface area contributed by atoms with Crippen molar-refractivity contribution in [3.05, 3.63) is 59.4 Å². The number of piperazine rings is 1. The van der Waals surface area contributed by atoms with E-state index in [1.165, 1.54) is 0 Å². The second kappa shape index (κ2) is 12.3. The number of aliphatic imine (C=N–C) groups is 2. The fraction of sp³-hybridized carbons (Fsp3) is 0.346. The van der Waals surface area contributed by atoms with Gasteiger partial charge in [0.2, 0.25) is 0 Å². The summed E-state index contributed by atoms with van der Waals surface area (Å²) in [5.74, 6) is 1.40. The quantitative estimate of drug-likeness (QED) is 0.246. The van der Waals surface area contributed by atoms with Crippen molar-refractivity contribution in [3.63, 3.8) is 0 Å². The predicted octanol–water partition coefficient (Wildman–Crippen LogP) is 3.37. The second-order valence-corrected chi connectivity index (χ2v) is 8.65. The molecule has 1 aliphatic rings. The van der Waals surface area contributed by atoms with Gasteiger partial charge < -0.3 is 25.0 Å². The Kier molecular flexibility index (Phi) is 8.70. The average molecular weight is 509 g/mol. The Hall–Kier alpha value is -3.96. The minimum Gasteiger partial charge on any atom is -0.468 e. The van der Waals surface area contributed by atoms with Crippen molar-refractivity contribution < 1.29 is 14.2 Å². The van der Waals surface area contributed by atoms with Crippen molar-refractivity contribution in [1.82, 2.24) is 25.0 Å². The molecule has 2 aromatic heterocycles. The molecule has 1 saturated heterocycles. The Bertz CT molecular complexity index is 1300. The largest absolute Gasteiger partial charge is 0.468 e. The number of benzene rings is 1. The highest BCUT2D eigenvalue weighted by atomic mass is 19.1. The van der Waals surface area contributed by atoms with E-state index in [2.05, 4.69) is 47.0 Å². The monoisotopic (exact) mass is 508 g/mol. The third-order valence-electron chi connectivity index (χ3n) is 6.03. The molecule has 196 valence electrons. The molecule has 1 aromatic carbocycles. The minimum atomic E-state index is -0.419. The summed E-state index contributed by atoms with van der Waals surface area (Å²) in [6.45, 7) is 11.1. The van der Waals surface area contributed by atoms with Gasteiger partial charge in [-0.3, -0.25) is 10.00 Å². The van der Waals surface area contributed by atoms with Gasteiger partial charge in [0.25, 0.3) is 0 Å². The van der Waals surface area contributed by atoms with E-state index < -0.39 is 5.82 Å². The number of ether oxygens (including phenoxy) is 1. The summed E-state index contributed by atoms with van der Waals surface area (Å²) in [4.78, 5) is 16.2. The van der Waals surface area contributed by atoms with Crippen LogP contribution in [0.25, 0.3) is 17.0 Å². The van der Waals surface area contributed by atoms with Gasteiger partial charge in [-0.05, 0) is 44.8 Å². The number of H-pyrrole nitrogens is 2. The Morgan fingerprint density at radius 3 is 2.84 bits per heavy atom. The number of hydrogen-bond acceptors (Lipinski definition) is 7. The van der Waals surface area contributed by atoms with Crippen molar-refractivity contribution in [3.8, 4) is 5.75 Å². The second-order valence-electron chi connectivity index (χ2n) is 8.65. The van der Waals surface area contributed by atoms with Gasteiger partial charge in [0.1, 0.15) is 11.7 Å². The number of fused-ring (bicyclic) bond motifs is 1. The Morgan fingerprint density at radius 1 is 1.30 bits per heavy atom. The van der Waals surface area contributed by atoms with Crippen molar-refractivity contribution in [2.24, 2.45) is 9.98 Å². The van der Waals surface area contributed by atoms with E-state index in [4.69, 9.17) is 4.74 Å². The van der Waals surface area contributed by atoms with E-state index in [1.54, 1.807) is 24.3 Å². The lowest BCUT2D eigenvalue weighted by Crippen LogP contribution is -2.49. The zero-order chi connectivity index (χ0) is 26.2. The molecule has 0 saturated carbocycles. The summed E-state index contributed by atoms with van der Waals surface area (Å²) in [5.41, 5.74) is 2.45. The lowest BCUT2D eigenvalue weighted by molar-refractivity contribution is 0.147. The Labute approximate surface area is 215 Å². The van der Waals surface area contributed by atoms with Crippen LogP contribution in [0.5, 0.6) is 5.75 Å². The van der Waals surface area contributed by atoms with Gasteiger partial charge in [0, 0.05) is 61.5 Å². The number of halogens is 1. The molecule has 10 nitrogen and oxygen atoms in total. The van der Waals surface area contributed by atoms with Gasteiger partial charge in [-0.2, -0.15) is 5.10 Å². The molecule has 0 unspecified atom stereocenters. The number of nitrogens with one attached hydrogen (secondary N) is 3. The van der Waals surface area contributed by atoms with E-state index >= 15 is 0 Å². The molecule has 0 radical (unpaired) electrons. The lowest BCUT2D eigenvalue weighted by atomic mass is 10.2. The highest BCUT2D eigenvalue weighted by Crippen LogP contribution is 2.27. The van der Waals surface area contributed by atoms with Crippen molar-refractivity contribution in [1.29, 1.82) is 0 Å². The van der Waals surface area contributed by atoms with Crippen LogP contribution < -0.4 is 10.1 Å². The summed E-state index contributed by atoms with van der Waals surface area (Å²) in [6, 6.07) is 7.01. The molecule has 11 heteroatoms. The van der Waals surface area contributed by atoms with E-state index in [0.29, 0.717) is 42.5 Å². The number of anilines is 1. The van der Waals surface area contributed by atoms with E-state index in [-0.39, 0.29) is 19.1 Å². The SMILES string of the molecule is C=N/C(=C\C(=N/COc1ccc2[nH]c(C)cc2c1F)N1CCN(CCO)CC1)Nc1cc(/C=C\C)[nH]n1. The number of allylic oxidation sites excluding steroid dienone is 1. The molecule has 3 heterocycles. The number of aryl methyl sites for hydroxylation is 1. The van der Waals surface area contributed by atoms with Crippen LogP contribution in [-0.4, -0.2) is 88.7 Å². The smallest absolute Gasteiger partial charge is 0.181 e. The number of aromatic amines is 2. The maximum absolute atomic E-state index is 15.0. The van der Waals surface area contributed by atoms with Gasteiger partial charge >= 0.3 is 0 Å². The molecule has 0 amide bonds. The number of aliphatic hydroxyl groups is 1. The van der Waals surface area contributed by atoms with Crippen LogP contribution in [0.4, 0.5) is 10.2 Å². The molecule has 3 aromatic rings. The van der Waals surface area contributed by atoms with Crippen molar-refractivity contribution in [2.75, 3.05) is 51.4 Å². The third-order valence-corrected chi connectivity index (χ3v) is 6.03. The predicted molar refractivity (Wildman–Crippen MR) is 146 cm³/mol. The van der Waals surface area contributed by atoms with Gasteiger partial charge in [-0.25, -0.2) is 14.4 Å². The highest BCUT2D eigenvalue weighted by Gasteiger charge is 2.19. The third kappa shape index (κ3) is 6.63. The number of aliphatic hydroxyl groups excluding tert-OH is 1. The van der Waals surface area contributed by atoms with Crippen LogP contribution in [0.15, 0.2) is 52.2 Å². The summed E-state index contributed by atoms with van der Waals surface area (Å²) in [7, 11) is 0. The first-order valence-electron chi connectivity index (χ1n) is 12.2. The van der Waals surface area contributed by atoms with Gasteiger partial charge in [-0.1, -0.05) is 6.08 Å². The average Bonchev–Trinajstić information content (AvgIpc) is 3.51. The first kappa shape index (κ1) is 26.1. The first-order chi connectivity index (χ1) is 18.0. The van der Waals surface area contributed by atoms with Crippen LogP contribution in [0, 0.1) is 12.7 Å². The lowest BCUT2D eigenvalue weighted by Gasteiger charge is -2.35. The zero-order valence-corrected chi connectivity index (χ0v) is 21.2. The maximum Gasteiger partial charge on any atom is 0.181 e. The molecule has 0 bridgehead atoms. The summed E-state index contributed by atoms with van der Waals surface area (Å²) in [5, 5.41) is 20.1. The zero-order valence-electron chi connectivity index (χ0n) is 21.2. The molecule has 1 fully saturated rings. The van der Waals surface area contributed by atoms with Gasteiger partial charge in [0.05, 0.1) is 12.3 Å². The van der Waals surface area contributed by atoms with E-state index in [0.717, 1.165) is 30.0 Å². The fourth-order valence-corrected chi connectivity index (χ4v) is 4.19. The van der Waals surface area contributed by atoms with Crippen LogP contribution in [0.2, 0.25) is 0 Å². The van der Waals surface area contributed by atoms with E-state index in [9.17, 15) is 9.50 Å². The number of nitrogens with zero attached hydrogens (tertiary/aromatic N) is 5. The van der Waals surface area contributed by atoms with Crippen LogP contribution in [-0.2, 0) is 0 Å². The fourth-order valence-electron chi connectivity index (χ4n) is 4.19. The van der Waals surface area contributed by atoms with Crippen LogP contribution >= 0.6 is 0 Å². The molecule has 0 atom stereocenters. The van der Waals surface area contributed by atoms with Crippen LogP contribution in [0.3, 0.4) is 0 Å². The minimum absolute atomic E-state index is 0.0766. The molecule has 4 rings (SSSR count). The molecule has 0 aliphatic carbocycles. The summed E-state index contributed by atoms with van der Waals surface area (Å²) >= 11 is 0. The molecular weight excluding hydrogens is 475 g/mol. The van der Waals surface area contributed by atoms with Gasteiger partial charge in [0.15, 0.2) is 24.1 Å². The topological polar surface area (TPSA) is 117 Å². The number of aromatic nitrogens is 3. The number of hydrogen-bond donors (Lipinski definition) is 4. The maximum atomic E-state index is 15.0. The highest BCUT2D eigenvalue weighted by molar-refractivity contribution is 5.94. The molecular formula is C26H33FN8O2. The Morgan fingerprint density at radius 2 is 2.11 bits per heavy atom. The van der Waals surface area contributed by atoms with Crippen LogP contribution in [0.1, 0.15) is 18.3 Å². The molecule has 37 heavy (non-hydrogen) atoms. The molecule has 1 aliphatic heterocycles. The van der Waals surface area contributed by atoms with Gasteiger partial charge in [-0.15, -0.1) is 0 Å². The summed E-state index contributed by atoms with van der Waals surface area (Å²) < 4.78 is 20.7. The Balaban J connectivity index is 1.53. The first-order valence-corrected chi connectivity index (χ1v) is 12.2. The standard InChI is InChI=1S/C26H33FN8O2/c1-4-5-19-15-24(33-32-19)31-23(28-3)16-25(35-10-8-34(9-11-35)12-13-36)29-17-37-22-7-6-21-20(26(22)27)14-18(2)30-21/h4-7,14-16,30,36H,3,8-13,17H2,1-2H3,(H2,31,32,33)/b5-4-,23-16+,29-25+. The van der Waals surface area contributed by atoms with Crippen molar-refractivity contribution >= 4 is 35.3 Å².